The molecule has 92 valence electrons. The molecule has 0 atom stereocenters. The number of benzene rings is 1. The van der Waals surface area contributed by atoms with E-state index in [0.717, 1.165) is 17.2 Å². The Hall–Kier alpha value is -1.51. The lowest BCUT2D eigenvalue weighted by Gasteiger charge is -2.34. The van der Waals surface area contributed by atoms with E-state index in [-0.39, 0.29) is 5.97 Å². The van der Waals surface area contributed by atoms with Crippen LogP contribution in [0.15, 0.2) is 18.2 Å². The third-order valence-corrected chi connectivity index (χ3v) is 3.47. The molecule has 1 aromatic carbocycles. The zero-order chi connectivity index (χ0) is 12.4. The standard InChI is InChI=1S/C14H19NO2/c1-9-7-11(8-9)15-13-6-4-5-12(10(13)2)14(16)17-3/h4-6,9,11,15H,7-8H2,1-3H3. The van der Waals surface area contributed by atoms with Crippen LogP contribution in [0, 0.1) is 12.8 Å². The number of esters is 1. The van der Waals surface area contributed by atoms with Crippen molar-refractivity contribution in [3.63, 3.8) is 0 Å². The van der Waals surface area contributed by atoms with Gasteiger partial charge in [0.25, 0.3) is 0 Å². The van der Waals surface area contributed by atoms with E-state index in [0.29, 0.717) is 11.6 Å². The first-order valence-electron chi connectivity index (χ1n) is 6.06. The van der Waals surface area contributed by atoms with E-state index in [1.165, 1.54) is 20.0 Å². The lowest BCUT2D eigenvalue weighted by atomic mass is 9.81. The molecule has 0 aliphatic heterocycles. The molecule has 1 fully saturated rings. The van der Waals surface area contributed by atoms with Gasteiger partial charge in [-0.2, -0.15) is 0 Å². The van der Waals surface area contributed by atoms with E-state index < -0.39 is 0 Å². The van der Waals surface area contributed by atoms with Crippen molar-refractivity contribution in [1.82, 2.24) is 0 Å². The number of anilines is 1. The molecule has 3 heteroatoms. The molecule has 1 aliphatic carbocycles. The minimum Gasteiger partial charge on any atom is -0.465 e. The SMILES string of the molecule is COC(=O)c1cccc(NC2CC(C)C2)c1C. The van der Waals surface area contributed by atoms with Gasteiger partial charge in [0.15, 0.2) is 0 Å². The summed E-state index contributed by atoms with van der Waals surface area (Å²) in [6.45, 7) is 4.21. The molecule has 1 aromatic rings. The number of carbonyl (C=O) groups is 1. The molecule has 17 heavy (non-hydrogen) atoms. The van der Waals surface area contributed by atoms with Gasteiger partial charge in [0, 0.05) is 11.7 Å². The molecule has 2 rings (SSSR count). The maximum atomic E-state index is 11.6. The molecule has 0 aromatic heterocycles. The molecular weight excluding hydrogens is 214 g/mol. The van der Waals surface area contributed by atoms with Gasteiger partial charge in [-0.15, -0.1) is 0 Å². The first-order valence-corrected chi connectivity index (χ1v) is 6.06. The molecule has 1 N–H and O–H groups in total. The molecule has 0 radical (unpaired) electrons. The highest BCUT2D eigenvalue weighted by molar-refractivity contribution is 5.92. The van der Waals surface area contributed by atoms with Gasteiger partial charge in [-0.1, -0.05) is 13.0 Å². The molecule has 0 unspecified atom stereocenters. The fourth-order valence-corrected chi connectivity index (χ4v) is 2.36. The molecule has 1 aliphatic rings. The molecule has 0 bridgehead atoms. The van der Waals surface area contributed by atoms with Crippen LogP contribution in [-0.4, -0.2) is 19.1 Å². The number of hydrogen-bond acceptors (Lipinski definition) is 3. The van der Waals surface area contributed by atoms with Crippen LogP contribution in [0.1, 0.15) is 35.7 Å². The van der Waals surface area contributed by atoms with Crippen molar-refractivity contribution in [2.75, 3.05) is 12.4 Å². The summed E-state index contributed by atoms with van der Waals surface area (Å²) in [5, 5.41) is 3.49. The summed E-state index contributed by atoms with van der Waals surface area (Å²) in [5.74, 6) is 0.546. The van der Waals surface area contributed by atoms with Gasteiger partial charge in [-0.3, -0.25) is 0 Å². The molecule has 0 spiro atoms. The highest BCUT2D eigenvalue weighted by Gasteiger charge is 2.25. The van der Waals surface area contributed by atoms with E-state index in [1.54, 1.807) is 6.07 Å². The average Bonchev–Trinajstić information content (AvgIpc) is 2.28. The summed E-state index contributed by atoms with van der Waals surface area (Å²) in [5.41, 5.74) is 2.66. The third-order valence-electron chi connectivity index (χ3n) is 3.47. The monoisotopic (exact) mass is 233 g/mol. The van der Waals surface area contributed by atoms with Crippen molar-refractivity contribution in [2.24, 2.45) is 5.92 Å². The number of methoxy groups -OCH3 is 1. The first-order chi connectivity index (χ1) is 8.11. The Kier molecular flexibility index (Phi) is 3.36. The topological polar surface area (TPSA) is 38.3 Å². The van der Waals surface area contributed by atoms with E-state index in [2.05, 4.69) is 12.2 Å². The van der Waals surface area contributed by atoms with Crippen molar-refractivity contribution in [3.8, 4) is 0 Å². The number of ether oxygens (including phenoxy) is 1. The maximum absolute atomic E-state index is 11.6. The predicted molar refractivity (Wildman–Crippen MR) is 68.3 cm³/mol. The second-order valence-corrected chi connectivity index (χ2v) is 4.89. The fourth-order valence-electron chi connectivity index (χ4n) is 2.36. The lowest BCUT2D eigenvalue weighted by molar-refractivity contribution is 0.0600. The summed E-state index contributed by atoms with van der Waals surface area (Å²) in [6.07, 6.45) is 2.42. The van der Waals surface area contributed by atoms with Gasteiger partial charge in [-0.05, 0) is 43.4 Å². The highest BCUT2D eigenvalue weighted by Crippen LogP contribution is 2.31. The molecule has 0 saturated heterocycles. The van der Waals surface area contributed by atoms with E-state index >= 15 is 0 Å². The molecular formula is C14H19NO2. The van der Waals surface area contributed by atoms with E-state index in [1.807, 2.05) is 19.1 Å². The third kappa shape index (κ3) is 2.43. The molecule has 0 amide bonds. The Balaban J connectivity index is 2.14. The number of nitrogens with one attached hydrogen (secondary N) is 1. The zero-order valence-corrected chi connectivity index (χ0v) is 10.6. The van der Waals surface area contributed by atoms with Gasteiger partial charge >= 0.3 is 5.97 Å². The van der Waals surface area contributed by atoms with Crippen LogP contribution in [0.2, 0.25) is 0 Å². The van der Waals surface area contributed by atoms with E-state index in [9.17, 15) is 4.79 Å². The van der Waals surface area contributed by atoms with Crippen molar-refractivity contribution in [1.29, 1.82) is 0 Å². The minimum absolute atomic E-state index is 0.270. The maximum Gasteiger partial charge on any atom is 0.338 e. The molecule has 0 heterocycles. The zero-order valence-electron chi connectivity index (χ0n) is 10.6. The number of carbonyl (C=O) groups excluding carboxylic acids is 1. The van der Waals surface area contributed by atoms with Crippen LogP contribution in [0.25, 0.3) is 0 Å². The van der Waals surface area contributed by atoms with Crippen molar-refractivity contribution in [3.05, 3.63) is 29.3 Å². The van der Waals surface area contributed by atoms with Gasteiger partial charge in [0.05, 0.1) is 12.7 Å². The largest absolute Gasteiger partial charge is 0.465 e. The number of hydrogen-bond donors (Lipinski definition) is 1. The predicted octanol–water partition coefficient (Wildman–Crippen LogP) is 2.99. The van der Waals surface area contributed by atoms with E-state index in [4.69, 9.17) is 4.74 Å². The summed E-state index contributed by atoms with van der Waals surface area (Å²) < 4.78 is 4.77. The highest BCUT2D eigenvalue weighted by atomic mass is 16.5. The van der Waals surface area contributed by atoms with Crippen molar-refractivity contribution in [2.45, 2.75) is 32.7 Å². The Labute approximate surface area is 102 Å². The van der Waals surface area contributed by atoms with Crippen molar-refractivity contribution < 1.29 is 9.53 Å². The van der Waals surface area contributed by atoms with Crippen LogP contribution in [0.4, 0.5) is 5.69 Å². The van der Waals surface area contributed by atoms with Gasteiger partial charge in [-0.25, -0.2) is 4.79 Å². The summed E-state index contributed by atoms with van der Waals surface area (Å²) >= 11 is 0. The Bertz CT molecular complexity index is 422. The quantitative estimate of drug-likeness (QED) is 0.816. The lowest BCUT2D eigenvalue weighted by Crippen LogP contribution is -2.34. The summed E-state index contributed by atoms with van der Waals surface area (Å²) in [7, 11) is 1.41. The van der Waals surface area contributed by atoms with Crippen LogP contribution in [-0.2, 0) is 4.74 Å². The second-order valence-electron chi connectivity index (χ2n) is 4.89. The van der Waals surface area contributed by atoms with Gasteiger partial charge < -0.3 is 10.1 Å². The smallest absolute Gasteiger partial charge is 0.338 e. The molecule has 3 nitrogen and oxygen atoms in total. The second kappa shape index (κ2) is 4.78. The first kappa shape index (κ1) is 12.0. The fraction of sp³-hybridized carbons (Fsp3) is 0.500. The van der Waals surface area contributed by atoms with Gasteiger partial charge in [0.2, 0.25) is 0 Å². The number of rotatable bonds is 3. The summed E-state index contributed by atoms with van der Waals surface area (Å²) in [6, 6.07) is 6.26. The molecule has 1 saturated carbocycles. The van der Waals surface area contributed by atoms with Crippen LogP contribution in [0.5, 0.6) is 0 Å². The van der Waals surface area contributed by atoms with Gasteiger partial charge in [0.1, 0.15) is 0 Å². The Morgan fingerprint density at radius 3 is 2.71 bits per heavy atom. The Morgan fingerprint density at radius 2 is 2.12 bits per heavy atom. The summed E-state index contributed by atoms with van der Waals surface area (Å²) in [4.78, 5) is 11.6. The van der Waals surface area contributed by atoms with Crippen molar-refractivity contribution >= 4 is 11.7 Å². The normalized spacial score (nSPS) is 22.8. The Morgan fingerprint density at radius 1 is 1.41 bits per heavy atom. The average molecular weight is 233 g/mol. The van der Waals surface area contributed by atoms with Crippen LogP contribution in [0.3, 0.4) is 0 Å². The van der Waals surface area contributed by atoms with Crippen LogP contribution >= 0.6 is 0 Å². The minimum atomic E-state index is -0.270. The van der Waals surface area contributed by atoms with Crippen LogP contribution < -0.4 is 5.32 Å².